The van der Waals surface area contributed by atoms with Crippen LogP contribution in [0.15, 0.2) is 47.6 Å². The van der Waals surface area contributed by atoms with Gasteiger partial charge in [0.25, 0.3) is 17.7 Å². The summed E-state index contributed by atoms with van der Waals surface area (Å²) in [6, 6.07) is 10.5. The maximum atomic E-state index is 12.6. The topological polar surface area (TPSA) is 132 Å². The number of hydrogen-bond donors (Lipinski definition) is 3. The lowest BCUT2D eigenvalue weighted by Crippen LogP contribution is -2.48. The van der Waals surface area contributed by atoms with Crippen molar-refractivity contribution in [3.8, 4) is 11.5 Å². The minimum atomic E-state index is -0.797. The van der Waals surface area contributed by atoms with Gasteiger partial charge < -0.3 is 20.5 Å². The van der Waals surface area contributed by atoms with E-state index in [-0.39, 0.29) is 12.5 Å². The third kappa shape index (κ3) is 8.12. The van der Waals surface area contributed by atoms with Crippen LogP contribution in [-0.4, -0.2) is 43.2 Å². The summed E-state index contributed by atoms with van der Waals surface area (Å²) in [6.45, 7) is 5.54. The van der Waals surface area contributed by atoms with Crippen LogP contribution in [0.1, 0.15) is 36.7 Å². The molecular weight excluding hydrogens is 448 g/mol. The van der Waals surface area contributed by atoms with Crippen LogP contribution in [-0.2, 0) is 9.59 Å². The van der Waals surface area contributed by atoms with Crippen molar-refractivity contribution >= 4 is 35.5 Å². The van der Waals surface area contributed by atoms with Gasteiger partial charge in [-0.3, -0.25) is 14.4 Å². The van der Waals surface area contributed by atoms with E-state index in [2.05, 4.69) is 15.8 Å². The fraction of sp³-hybridized carbons (Fsp3) is 0.304. The summed E-state index contributed by atoms with van der Waals surface area (Å²) in [5, 5.41) is 7.21. The van der Waals surface area contributed by atoms with E-state index >= 15 is 0 Å². The molecule has 0 heterocycles. The van der Waals surface area contributed by atoms with E-state index in [1.54, 1.807) is 42.5 Å². The van der Waals surface area contributed by atoms with Crippen molar-refractivity contribution in [3.63, 3.8) is 0 Å². The Balaban J connectivity index is 2.04. The summed E-state index contributed by atoms with van der Waals surface area (Å²) in [6.07, 6.45) is 1.43. The number of hydrazone groups is 1. The van der Waals surface area contributed by atoms with Gasteiger partial charge in [0.1, 0.15) is 6.04 Å². The Morgan fingerprint density at radius 3 is 2.39 bits per heavy atom. The Bertz CT molecular complexity index is 1010. The van der Waals surface area contributed by atoms with Crippen LogP contribution < -0.4 is 25.9 Å². The number of nitrogens with two attached hydrogens (primary N) is 1. The number of halogens is 1. The van der Waals surface area contributed by atoms with E-state index in [0.29, 0.717) is 34.3 Å². The number of benzene rings is 2. The molecule has 2 aromatic carbocycles. The first-order valence-electron chi connectivity index (χ1n) is 10.3. The fourth-order valence-electron chi connectivity index (χ4n) is 2.74. The van der Waals surface area contributed by atoms with Crippen LogP contribution in [0.3, 0.4) is 0 Å². The van der Waals surface area contributed by atoms with Crippen molar-refractivity contribution in [2.45, 2.75) is 26.8 Å². The summed E-state index contributed by atoms with van der Waals surface area (Å²) in [7, 11) is 0. The van der Waals surface area contributed by atoms with E-state index in [1.807, 2.05) is 20.8 Å². The number of carbonyl (C=O) groups is 3. The molecule has 0 aliphatic carbocycles. The van der Waals surface area contributed by atoms with E-state index in [0.717, 1.165) is 0 Å². The van der Waals surface area contributed by atoms with Gasteiger partial charge in [0.05, 0.1) is 12.8 Å². The van der Waals surface area contributed by atoms with Gasteiger partial charge in [-0.25, -0.2) is 5.43 Å². The molecule has 10 heteroatoms. The lowest BCUT2D eigenvalue weighted by molar-refractivity contribution is -0.124. The number of rotatable bonds is 11. The van der Waals surface area contributed by atoms with Gasteiger partial charge in [0, 0.05) is 10.6 Å². The normalized spacial score (nSPS) is 11.8. The quantitative estimate of drug-likeness (QED) is 0.340. The minimum absolute atomic E-state index is 0.178. The largest absolute Gasteiger partial charge is 0.490 e. The fourth-order valence-corrected chi connectivity index (χ4v) is 2.87. The van der Waals surface area contributed by atoms with Gasteiger partial charge in [-0.1, -0.05) is 25.4 Å². The van der Waals surface area contributed by atoms with Crippen molar-refractivity contribution in [1.82, 2.24) is 10.7 Å². The predicted molar refractivity (Wildman–Crippen MR) is 126 cm³/mol. The van der Waals surface area contributed by atoms with E-state index in [9.17, 15) is 14.4 Å². The first kappa shape index (κ1) is 25.7. The molecule has 0 aliphatic heterocycles. The standard InChI is InChI=1S/C23H27ClN4O5/c1-4-32-19-11-15(5-10-18(19)33-13-20(25)29)12-26-28-23(31)21(14(2)3)27-22(30)16-6-8-17(24)9-7-16/h5-12,14,21H,4,13H2,1-3H3,(H2,25,29)(H,27,30)(H,28,31). The second-order valence-electron chi connectivity index (χ2n) is 7.33. The number of carbonyl (C=O) groups excluding carboxylic acids is 3. The summed E-state index contributed by atoms with van der Waals surface area (Å²) in [4.78, 5) is 36.0. The van der Waals surface area contributed by atoms with Crippen LogP contribution in [0.2, 0.25) is 5.02 Å². The van der Waals surface area contributed by atoms with Crippen molar-refractivity contribution in [1.29, 1.82) is 0 Å². The molecular formula is C23H27ClN4O5. The average Bonchev–Trinajstić information content (AvgIpc) is 2.77. The molecule has 0 aromatic heterocycles. The Morgan fingerprint density at radius 2 is 1.79 bits per heavy atom. The second kappa shape index (κ2) is 12.4. The molecule has 0 saturated carbocycles. The maximum absolute atomic E-state index is 12.6. The highest BCUT2D eigenvalue weighted by Crippen LogP contribution is 2.28. The van der Waals surface area contributed by atoms with Crippen LogP contribution in [0, 0.1) is 5.92 Å². The summed E-state index contributed by atoms with van der Waals surface area (Å²) in [5.74, 6) is -0.866. The Kier molecular flexibility index (Phi) is 9.68. The van der Waals surface area contributed by atoms with E-state index < -0.39 is 23.8 Å². The third-order valence-corrected chi connectivity index (χ3v) is 4.62. The zero-order valence-corrected chi connectivity index (χ0v) is 19.4. The molecule has 1 atom stereocenters. The molecule has 9 nitrogen and oxygen atoms in total. The Hall–Kier alpha value is -3.59. The SMILES string of the molecule is CCOc1cc(C=NNC(=O)C(NC(=O)c2ccc(Cl)cc2)C(C)C)ccc1OCC(N)=O. The summed E-state index contributed by atoms with van der Waals surface area (Å²) < 4.78 is 10.8. The zero-order valence-electron chi connectivity index (χ0n) is 18.6. The monoisotopic (exact) mass is 474 g/mol. The Morgan fingerprint density at radius 1 is 1.09 bits per heavy atom. The predicted octanol–water partition coefficient (Wildman–Crippen LogP) is 2.51. The third-order valence-electron chi connectivity index (χ3n) is 4.37. The number of amides is 3. The molecule has 0 saturated heterocycles. The van der Waals surface area contributed by atoms with Crippen molar-refractivity contribution in [2.24, 2.45) is 16.8 Å². The number of nitrogens with zero attached hydrogens (tertiary/aromatic N) is 1. The van der Waals surface area contributed by atoms with Gasteiger partial charge in [0.15, 0.2) is 18.1 Å². The van der Waals surface area contributed by atoms with Gasteiger partial charge in [-0.2, -0.15) is 5.10 Å². The number of ether oxygens (including phenoxy) is 2. The van der Waals surface area contributed by atoms with Crippen LogP contribution in [0.5, 0.6) is 11.5 Å². The molecule has 0 bridgehead atoms. The molecule has 2 rings (SSSR count). The molecule has 0 aliphatic rings. The van der Waals surface area contributed by atoms with Crippen LogP contribution in [0.25, 0.3) is 0 Å². The average molecular weight is 475 g/mol. The van der Waals surface area contributed by atoms with Crippen molar-refractivity contribution in [2.75, 3.05) is 13.2 Å². The van der Waals surface area contributed by atoms with Gasteiger partial charge >= 0.3 is 0 Å². The van der Waals surface area contributed by atoms with Gasteiger partial charge in [-0.15, -0.1) is 0 Å². The highest BCUT2D eigenvalue weighted by Gasteiger charge is 2.24. The van der Waals surface area contributed by atoms with Crippen LogP contribution in [0.4, 0.5) is 0 Å². The molecule has 3 amide bonds. The number of nitrogens with one attached hydrogen (secondary N) is 2. The molecule has 1 unspecified atom stereocenters. The number of primary amides is 1. The smallest absolute Gasteiger partial charge is 0.262 e. The molecule has 176 valence electrons. The molecule has 33 heavy (non-hydrogen) atoms. The molecule has 0 fully saturated rings. The van der Waals surface area contributed by atoms with Gasteiger partial charge in [-0.05, 0) is 60.9 Å². The molecule has 4 N–H and O–H groups in total. The highest BCUT2D eigenvalue weighted by atomic mass is 35.5. The highest BCUT2D eigenvalue weighted by molar-refractivity contribution is 6.30. The lowest BCUT2D eigenvalue weighted by atomic mass is 10.0. The van der Waals surface area contributed by atoms with Crippen molar-refractivity contribution < 1.29 is 23.9 Å². The first-order chi connectivity index (χ1) is 15.7. The second-order valence-corrected chi connectivity index (χ2v) is 7.77. The summed E-state index contributed by atoms with van der Waals surface area (Å²) >= 11 is 5.85. The van der Waals surface area contributed by atoms with Gasteiger partial charge in [0.2, 0.25) is 0 Å². The van der Waals surface area contributed by atoms with E-state index in [1.165, 1.54) is 6.21 Å². The first-order valence-corrected chi connectivity index (χ1v) is 10.7. The van der Waals surface area contributed by atoms with E-state index in [4.69, 9.17) is 26.8 Å². The Labute approximate surface area is 197 Å². The van der Waals surface area contributed by atoms with Crippen molar-refractivity contribution in [3.05, 3.63) is 58.6 Å². The lowest BCUT2D eigenvalue weighted by Gasteiger charge is -2.20. The zero-order chi connectivity index (χ0) is 24.4. The molecule has 0 spiro atoms. The maximum Gasteiger partial charge on any atom is 0.262 e. The van der Waals surface area contributed by atoms with Crippen LogP contribution >= 0.6 is 11.6 Å². The number of hydrogen-bond acceptors (Lipinski definition) is 6. The minimum Gasteiger partial charge on any atom is -0.490 e. The molecule has 2 aromatic rings. The molecule has 0 radical (unpaired) electrons. The summed E-state index contributed by atoms with van der Waals surface area (Å²) in [5.41, 5.74) is 8.57.